The molecule has 10 aromatic rings. The molecule has 3 heterocycles. The van der Waals surface area contributed by atoms with Gasteiger partial charge in [0.2, 0.25) is 0 Å². The van der Waals surface area contributed by atoms with E-state index in [9.17, 15) is 0 Å². The number of aromatic nitrogens is 4. The van der Waals surface area contributed by atoms with Gasteiger partial charge in [0, 0.05) is 44.4 Å². The van der Waals surface area contributed by atoms with E-state index in [4.69, 9.17) is 9.97 Å². The number of nitrogens with zero attached hydrogens (tertiary/aromatic N) is 4. The molecule has 0 N–H and O–H groups in total. The Morgan fingerprint density at radius 3 is 1.50 bits per heavy atom. The first-order valence-electron chi connectivity index (χ1n) is 16.9. The van der Waals surface area contributed by atoms with Crippen LogP contribution in [0.4, 0.5) is 0 Å². The minimum Gasteiger partial charge on any atom is -0.309 e. The van der Waals surface area contributed by atoms with E-state index in [1.807, 2.05) is 24.3 Å². The zero-order valence-electron chi connectivity index (χ0n) is 27.1. The molecule has 0 fully saturated rings. The Labute approximate surface area is 289 Å². The van der Waals surface area contributed by atoms with Gasteiger partial charge in [0.25, 0.3) is 0 Å². The fourth-order valence-electron chi connectivity index (χ4n) is 7.43. The third-order valence-electron chi connectivity index (χ3n) is 9.72. The molecule has 0 bridgehead atoms. The van der Waals surface area contributed by atoms with Crippen LogP contribution in [0.25, 0.3) is 88.9 Å². The third-order valence-corrected chi connectivity index (χ3v) is 9.72. The van der Waals surface area contributed by atoms with Crippen LogP contribution in [0.3, 0.4) is 0 Å². The maximum absolute atomic E-state index is 5.25. The van der Waals surface area contributed by atoms with Crippen LogP contribution in [-0.4, -0.2) is 19.1 Å². The maximum Gasteiger partial charge on any atom is 0.162 e. The van der Waals surface area contributed by atoms with Gasteiger partial charge in [-0.15, -0.1) is 0 Å². The zero-order chi connectivity index (χ0) is 33.0. The molecule has 0 aliphatic heterocycles. The fraction of sp³-hybridized carbons (Fsp3) is 0. The van der Waals surface area contributed by atoms with Gasteiger partial charge >= 0.3 is 0 Å². The summed E-state index contributed by atoms with van der Waals surface area (Å²) in [7, 11) is 0. The second-order valence-electron chi connectivity index (χ2n) is 12.7. The highest BCUT2D eigenvalue weighted by atomic mass is 15.1. The largest absolute Gasteiger partial charge is 0.309 e. The number of benzene rings is 7. The summed E-state index contributed by atoms with van der Waals surface area (Å²) in [5, 5.41) is 4.77. The SMILES string of the molecule is c1ccc(-c2cccc(-n3c4ccccc4c4cc5c(cc43)c3ccccc3n5-c3cc(-c4ccccc4)nc(-c4ccccc4)n3)c2)cc1. The standard InChI is InChI=1S/C46H30N4/c1-4-15-31(16-5-1)34-21-14-22-35(27-34)49-41-25-12-10-23-36(41)38-29-44-39(28-43(38)49)37-24-11-13-26-42(37)50(44)45-30-40(32-17-6-2-7-18-32)47-46(48-45)33-19-8-3-9-20-33/h1-30H. The number of rotatable bonds is 5. The van der Waals surface area contributed by atoms with E-state index in [-0.39, 0.29) is 0 Å². The minimum atomic E-state index is 0.698. The number of para-hydroxylation sites is 2. The van der Waals surface area contributed by atoms with Crippen LogP contribution in [0.15, 0.2) is 182 Å². The molecule has 0 radical (unpaired) electrons. The van der Waals surface area contributed by atoms with Gasteiger partial charge in [-0.1, -0.05) is 140 Å². The van der Waals surface area contributed by atoms with Crippen molar-refractivity contribution in [2.24, 2.45) is 0 Å². The lowest BCUT2D eigenvalue weighted by atomic mass is 10.1. The average Bonchev–Trinajstić information content (AvgIpc) is 3.70. The molecule has 7 aromatic carbocycles. The Morgan fingerprint density at radius 2 is 0.840 bits per heavy atom. The van der Waals surface area contributed by atoms with E-state index in [1.165, 1.54) is 43.7 Å². The normalized spacial score (nSPS) is 11.6. The molecule has 0 spiro atoms. The van der Waals surface area contributed by atoms with E-state index in [0.717, 1.165) is 39.4 Å². The Kier molecular flexibility index (Phi) is 6.46. The molecule has 0 aliphatic carbocycles. The number of hydrogen-bond acceptors (Lipinski definition) is 2. The van der Waals surface area contributed by atoms with Crippen LogP contribution < -0.4 is 0 Å². The maximum atomic E-state index is 5.25. The summed E-state index contributed by atoms with van der Waals surface area (Å²) < 4.78 is 4.72. The lowest BCUT2D eigenvalue weighted by Gasteiger charge is -2.12. The highest BCUT2D eigenvalue weighted by Gasteiger charge is 2.20. The van der Waals surface area contributed by atoms with Crippen molar-refractivity contribution in [2.75, 3.05) is 0 Å². The summed E-state index contributed by atoms with van der Waals surface area (Å²) in [5.74, 6) is 1.53. The third kappa shape index (κ3) is 4.54. The molecule has 0 saturated heterocycles. The van der Waals surface area contributed by atoms with Crippen molar-refractivity contribution in [1.29, 1.82) is 0 Å². The van der Waals surface area contributed by atoms with Crippen LogP contribution in [0.2, 0.25) is 0 Å². The van der Waals surface area contributed by atoms with Crippen LogP contribution in [0.5, 0.6) is 0 Å². The monoisotopic (exact) mass is 638 g/mol. The summed E-state index contributed by atoms with van der Waals surface area (Å²) in [4.78, 5) is 10.3. The summed E-state index contributed by atoms with van der Waals surface area (Å²) in [6.07, 6.45) is 0. The van der Waals surface area contributed by atoms with Crippen molar-refractivity contribution in [2.45, 2.75) is 0 Å². The van der Waals surface area contributed by atoms with Crippen LogP contribution in [0, 0.1) is 0 Å². The van der Waals surface area contributed by atoms with E-state index >= 15 is 0 Å². The molecule has 0 amide bonds. The summed E-state index contributed by atoms with van der Waals surface area (Å²) >= 11 is 0. The predicted molar refractivity (Wildman–Crippen MR) is 207 cm³/mol. The lowest BCUT2D eigenvalue weighted by Crippen LogP contribution is -2.02. The van der Waals surface area contributed by atoms with Crippen molar-refractivity contribution >= 4 is 43.6 Å². The van der Waals surface area contributed by atoms with Gasteiger partial charge in [-0.2, -0.15) is 0 Å². The van der Waals surface area contributed by atoms with Crippen molar-refractivity contribution in [3.63, 3.8) is 0 Å². The van der Waals surface area contributed by atoms with E-state index in [1.54, 1.807) is 0 Å². The Bertz CT molecular complexity index is 2790. The predicted octanol–water partition coefficient (Wildman–Crippen LogP) is 11.7. The molecule has 3 aromatic heterocycles. The number of hydrogen-bond donors (Lipinski definition) is 0. The smallest absolute Gasteiger partial charge is 0.162 e. The Morgan fingerprint density at radius 1 is 0.320 bits per heavy atom. The fourth-order valence-corrected chi connectivity index (χ4v) is 7.43. The van der Waals surface area contributed by atoms with E-state index < -0.39 is 0 Å². The van der Waals surface area contributed by atoms with Crippen molar-refractivity contribution in [1.82, 2.24) is 19.1 Å². The molecular weight excluding hydrogens is 609 g/mol. The second-order valence-corrected chi connectivity index (χ2v) is 12.7. The highest BCUT2D eigenvalue weighted by molar-refractivity contribution is 6.19. The molecule has 4 heteroatoms. The first-order valence-corrected chi connectivity index (χ1v) is 16.9. The van der Waals surface area contributed by atoms with E-state index in [2.05, 4.69) is 167 Å². The average molecular weight is 639 g/mol. The molecular formula is C46H30N4. The van der Waals surface area contributed by atoms with E-state index in [0.29, 0.717) is 5.82 Å². The summed E-state index contributed by atoms with van der Waals surface area (Å²) in [6.45, 7) is 0. The van der Waals surface area contributed by atoms with Gasteiger partial charge in [0.1, 0.15) is 5.82 Å². The Hall–Kier alpha value is -6.78. The van der Waals surface area contributed by atoms with Gasteiger partial charge < -0.3 is 4.57 Å². The first-order chi connectivity index (χ1) is 24.8. The van der Waals surface area contributed by atoms with Gasteiger partial charge in [-0.3, -0.25) is 4.57 Å². The van der Waals surface area contributed by atoms with Gasteiger partial charge in [0.15, 0.2) is 5.82 Å². The lowest BCUT2D eigenvalue weighted by molar-refractivity contribution is 1.05. The van der Waals surface area contributed by atoms with Gasteiger partial charge in [0.05, 0.1) is 27.8 Å². The minimum absolute atomic E-state index is 0.698. The molecule has 0 atom stereocenters. The zero-order valence-corrected chi connectivity index (χ0v) is 27.1. The second kappa shape index (κ2) is 11.4. The van der Waals surface area contributed by atoms with Crippen LogP contribution >= 0.6 is 0 Å². The molecule has 0 unspecified atom stereocenters. The topological polar surface area (TPSA) is 35.6 Å². The molecule has 234 valence electrons. The molecule has 0 aliphatic rings. The highest BCUT2D eigenvalue weighted by Crippen LogP contribution is 2.40. The Balaban J connectivity index is 1.27. The molecule has 50 heavy (non-hydrogen) atoms. The molecule has 10 rings (SSSR count). The van der Waals surface area contributed by atoms with Crippen molar-refractivity contribution < 1.29 is 0 Å². The van der Waals surface area contributed by atoms with Crippen LogP contribution in [0.1, 0.15) is 0 Å². The quantitative estimate of drug-likeness (QED) is 0.188. The first kappa shape index (κ1) is 28.3. The van der Waals surface area contributed by atoms with Gasteiger partial charge in [-0.05, 0) is 47.5 Å². The molecule has 4 nitrogen and oxygen atoms in total. The number of fused-ring (bicyclic) bond motifs is 6. The van der Waals surface area contributed by atoms with Crippen LogP contribution in [-0.2, 0) is 0 Å². The van der Waals surface area contributed by atoms with Gasteiger partial charge in [-0.25, -0.2) is 9.97 Å². The molecule has 0 saturated carbocycles. The van der Waals surface area contributed by atoms with Crippen molar-refractivity contribution in [3.05, 3.63) is 182 Å². The van der Waals surface area contributed by atoms with Crippen molar-refractivity contribution in [3.8, 4) is 45.3 Å². The summed E-state index contributed by atoms with van der Waals surface area (Å²) in [5.41, 5.74) is 11.0. The summed E-state index contributed by atoms with van der Waals surface area (Å²) in [6, 6.07) is 64.3.